The first-order chi connectivity index (χ1) is 7.22. The number of anilines is 1. The van der Waals surface area contributed by atoms with Gasteiger partial charge in [0.25, 0.3) is 0 Å². The van der Waals surface area contributed by atoms with Crippen molar-refractivity contribution in [3.05, 3.63) is 24.3 Å². The standard InChI is InChI=1S/C12H15NOS/c1-3-12(14)13-8-9(2)15-11-7-5-4-6-10(11)13/h4-7,9H,3,8H2,1-2H3. The first-order valence-electron chi connectivity index (χ1n) is 5.28. The summed E-state index contributed by atoms with van der Waals surface area (Å²) in [7, 11) is 0. The van der Waals surface area contributed by atoms with Crippen molar-refractivity contribution < 1.29 is 4.79 Å². The van der Waals surface area contributed by atoms with E-state index in [2.05, 4.69) is 13.0 Å². The van der Waals surface area contributed by atoms with E-state index in [9.17, 15) is 4.79 Å². The fourth-order valence-corrected chi connectivity index (χ4v) is 2.93. The summed E-state index contributed by atoms with van der Waals surface area (Å²) < 4.78 is 0. The second kappa shape index (κ2) is 4.27. The molecule has 0 aromatic heterocycles. The highest BCUT2D eigenvalue weighted by Gasteiger charge is 2.25. The Morgan fingerprint density at radius 3 is 3.00 bits per heavy atom. The molecular formula is C12H15NOS. The van der Waals surface area contributed by atoms with Crippen LogP contribution in [0.1, 0.15) is 20.3 Å². The molecule has 1 amide bonds. The van der Waals surface area contributed by atoms with Crippen molar-refractivity contribution in [1.82, 2.24) is 0 Å². The summed E-state index contributed by atoms with van der Waals surface area (Å²) in [5.74, 6) is 0.217. The number of carbonyl (C=O) groups excluding carboxylic acids is 1. The molecule has 0 saturated carbocycles. The summed E-state index contributed by atoms with van der Waals surface area (Å²) in [4.78, 5) is 14.9. The van der Waals surface area contributed by atoms with Gasteiger partial charge in [0.05, 0.1) is 5.69 Å². The SMILES string of the molecule is CCC(=O)N1CC(C)Sc2ccccc21. The Labute approximate surface area is 94.7 Å². The number of hydrogen-bond acceptors (Lipinski definition) is 2. The van der Waals surface area contributed by atoms with Crippen LogP contribution in [0.4, 0.5) is 5.69 Å². The molecule has 1 unspecified atom stereocenters. The lowest BCUT2D eigenvalue weighted by Gasteiger charge is -2.32. The summed E-state index contributed by atoms with van der Waals surface area (Å²) in [6.07, 6.45) is 0.575. The van der Waals surface area contributed by atoms with Gasteiger partial charge in [0.2, 0.25) is 5.91 Å². The number of hydrogen-bond donors (Lipinski definition) is 0. The number of nitrogens with zero attached hydrogens (tertiary/aromatic N) is 1. The van der Waals surface area contributed by atoms with Gasteiger partial charge in [-0.25, -0.2) is 0 Å². The van der Waals surface area contributed by atoms with Crippen LogP contribution < -0.4 is 4.90 Å². The van der Waals surface area contributed by atoms with Gasteiger partial charge in [-0.2, -0.15) is 0 Å². The van der Waals surface area contributed by atoms with E-state index in [1.807, 2.05) is 41.8 Å². The van der Waals surface area contributed by atoms with E-state index in [1.54, 1.807) is 0 Å². The molecule has 1 aromatic rings. The highest BCUT2D eigenvalue weighted by atomic mass is 32.2. The highest BCUT2D eigenvalue weighted by molar-refractivity contribution is 8.00. The molecule has 15 heavy (non-hydrogen) atoms. The Morgan fingerprint density at radius 1 is 1.53 bits per heavy atom. The lowest BCUT2D eigenvalue weighted by Crippen LogP contribution is -2.38. The zero-order chi connectivity index (χ0) is 10.8. The van der Waals surface area contributed by atoms with Crippen molar-refractivity contribution >= 4 is 23.4 Å². The lowest BCUT2D eigenvalue weighted by molar-refractivity contribution is -0.118. The van der Waals surface area contributed by atoms with Crippen molar-refractivity contribution in [2.24, 2.45) is 0 Å². The minimum atomic E-state index is 0.217. The molecule has 1 aliphatic rings. The van der Waals surface area contributed by atoms with E-state index >= 15 is 0 Å². The van der Waals surface area contributed by atoms with Crippen LogP contribution in [0.15, 0.2) is 29.2 Å². The number of amides is 1. The van der Waals surface area contributed by atoms with E-state index in [1.165, 1.54) is 4.90 Å². The van der Waals surface area contributed by atoms with Crippen molar-refractivity contribution in [3.8, 4) is 0 Å². The smallest absolute Gasteiger partial charge is 0.226 e. The zero-order valence-electron chi connectivity index (χ0n) is 9.06. The number of para-hydroxylation sites is 1. The average molecular weight is 221 g/mol. The van der Waals surface area contributed by atoms with Gasteiger partial charge in [-0.1, -0.05) is 26.0 Å². The Hall–Kier alpha value is -0.960. The first kappa shape index (κ1) is 10.6. The van der Waals surface area contributed by atoms with Crippen molar-refractivity contribution in [1.29, 1.82) is 0 Å². The molecule has 1 atom stereocenters. The Bertz CT molecular complexity index is 378. The summed E-state index contributed by atoms with van der Waals surface area (Å²) in [5, 5.41) is 0.482. The Morgan fingerprint density at radius 2 is 2.27 bits per heavy atom. The quantitative estimate of drug-likeness (QED) is 0.726. The maximum atomic E-state index is 11.8. The molecule has 1 aliphatic heterocycles. The van der Waals surface area contributed by atoms with Gasteiger partial charge in [0, 0.05) is 23.1 Å². The van der Waals surface area contributed by atoms with E-state index in [4.69, 9.17) is 0 Å². The van der Waals surface area contributed by atoms with Crippen LogP contribution >= 0.6 is 11.8 Å². The second-order valence-electron chi connectivity index (χ2n) is 3.75. The largest absolute Gasteiger partial charge is 0.310 e. The predicted molar refractivity (Wildman–Crippen MR) is 64.4 cm³/mol. The van der Waals surface area contributed by atoms with Crippen LogP contribution in [0.3, 0.4) is 0 Å². The molecule has 1 heterocycles. The molecule has 0 fully saturated rings. The second-order valence-corrected chi connectivity index (χ2v) is 5.23. The molecule has 0 N–H and O–H groups in total. The third-order valence-electron chi connectivity index (χ3n) is 2.53. The number of carbonyl (C=O) groups is 1. The number of rotatable bonds is 1. The van der Waals surface area contributed by atoms with Gasteiger partial charge in [0.15, 0.2) is 0 Å². The monoisotopic (exact) mass is 221 g/mol. The maximum absolute atomic E-state index is 11.8. The van der Waals surface area contributed by atoms with Crippen LogP contribution in [0.25, 0.3) is 0 Å². The summed E-state index contributed by atoms with van der Waals surface area (Å²) in [6.45, 7) is 4.91. The van der Waals surface area contributed by atoms with Gasteiger partial charge in [0.1, 0.15) is 0 Å². The topological polar surface area (TPSA) is 20.3 Å². The number of benzene rings is 1. The summed E-state index contributed by atoms with van der Waals surface area (Å²) in [5.41, 5.74) is 1.08. The van der Waals surface area contributed by atoms with E-state index in [0.717, 1.165) is 12.2 Å². The molecule has 1 aromatic carbocycles. The average Bonchev–Trinajstić information content (AvgIpc) is 2.26. The van der Waals surface area contributed by atoms with E-state index in [-0.39, 0.29) is 5.91 Å². The van der Waals surface area contributed by atoms with Gasteiger partial charge in [-0.15, -0.1) is 11.8 Å². The molecule has 2 nitrogen and oxygen atoms in total. The molecule has 0 bridgehead atoms. The molecule has 0 spiro atoms. The van der Waals surface area contributed by atoms with E-state index in [0.29, 0.717) is 11.7 Å². The fraction of sp³-hybridized carbons (Fsp3) is 0.417. The summed E-state index contributed by atoms with van der Waals surface area (Å²) in [6, 6.07) is 8.14. The van der Waals surface area contributed by atoms with Crippen LogP contribution in [0.5, 0.6) is 0 Å². The van der Waals surface area contributed by atoms with Crippen LogP contribution in [0, 0.1) is 0 Å². The first-order valence-corrected chi connectivity index (χ1v) is 6.16. The van der Waals surface area contributed by atoms with Crippen LogP contribution in [-0.2, 0) is 4.79 Å². The number of fused-ring (bicyclic) bond motifs is 1. The van der Waals surface area contributed by atoms with Gasteiger partial charge >= 0.3 is 0 Å². The summed E-state index contributed by atoms with van der Waals surface area (Å²) >= 11 is 1.85. The molecule has 0 aliphatic carbocycles. The number of thioether (sulfide) groups is 1. The predicted octanol–water partition coefficient (Wildman–Crippen LogP) is 2.92. The Kier molecular flexibility index (Phi) is 3.00. The molecule has 80 valence electrons. The Balaban J connectivity index is 2.38. The van der Waals surface area contributed by atoms with Crippen molar-refractivity contribution in [2.45, 2.75) is 30.4 Å². The van der Waals surface area contributed by atoms with E-state index < -0.39 is 0 Å². The normalized spacial score (nSPS) is 19.9. The minimum absolute atomic E-state index is 0.217. The van der Waals surface area contributed by atoms with Crippen molar-refractivity contribution in [3.63, 3.8) is 0 Å². The minimum Gasteiger partial charge on any atom is -0.310 e. The molecule has 0 saturated heterocycles. The fourth-order valence-electron chi connectivity index (χ4n) is 1.82. The third-order valence-corrected chi connectivity index (χ3v) is 3.68. The lowest BCUT2D eigenvalue weighted by atomic mass is 10.2. The molecule has 0 radical (unpaired) electrons. The third kappa shape index (κ3) is 2.02. The van der Waals surface area contributed by atoms with Crippen LogP contribution in [-0.4, -0.2) is 17.7 Å². The van der Waals surface area contributed by atoms with Crippen molar-refractivity contribution in [2.75, 3.05) is 11.4 Å². The van der Waals surface area contributed by atoms with Gasteiger partial charge in [-0.05, 0) is 12.1 Å². The maximum Gasteiger partial charge on any atom is 0.226 e. The van der Waals surface area contributed by atoms with Gasteiger partial charge in [-0.3, -0.25) is 4.79 Å². The van der Waals surface area contributed by atoms with Gasteiger partial charge < -0.3 is 4.90 Å². The molecule has 2 rings (SSSR count). The molecule has 3 heteroatoms. The zero-order valence-corrected chi connectivity index (χ0v) is 9.88. The molecular weight excluding hydrogens is 206 g/mol. The highest BCUT2D eigenvalue weighted by Crippen LogP contribution is 2.38. The van der Waals surface area contributed by atoms with Crippen LogP contribution in [0.2, 0.25) is 0 Å².